The fraction of sp³-hybridized carbons (Fsp3) is 0.318. The lowest BCUT2D eigenvalue weighted by Gasteiger charge is -2.36. The Morgan fingerprint density at radius 2 is 1.65 bits per heavy atom. The van der Waals surface area contributed by atoms with Crippen LogP contribution in [0.15, 0.2) is 53.7 Å². The first-order valence-electron chi connectivity index (χ1n) is 10.0. The molecule has 0 atom stereocenters. The smallest absolute Gasteiger partial charge is 0.233 e. The molecule has 3 aromatic rings. The maximum Gasteiger partial charge on any atom is 0.233 e. The Balaban J connectivity index is 1.35. The molecule has 9 heteroatoms. The van der Waals surface area contributed by atoms with E-state index in [-0.39, 0.29) is 5.91 Å². The van der Waals surface area contributed by atoms with Gasteiger partial charge in [-0.15, -0.1) is 10.2 Å². The van der Waals surface area contributed by atoms with Gasteiger partial charge in [-0.25, -0.2) is 0 Å². The van der Waals surface area contributed by atoms with E-state index >= 15 is 0 Å². The van der Waals surface area contributed by atoms with Crippen LogP contribution in [0.5, 0.6) is 5.75 Å². The van der Waals surface area contributed by atoms with E-state index in [1.807, 2.05) is 64.9 Å². The summed E-state index contributed by atoms with van der Waals surface area (Å²) in [6.45, 7) is 4.91. The van der Waals surface area contributed by atoms with Crippen LogP contribution in [0.4, 0.5) is 5.69 Å². The molecule has 7 nitrogen and oxygen atoms in total. The first-order chi connectivity index (χ1) is 15.0. The Hall–Kier alpha value is -2.71. The molecule has 1 amide bonds. The second-order valence-electron chi connectivity index (χ2n) is 7.20. The summed E-state index contributed by atoms with van der Waals surface area (Å²) in [5, 5.41) is 9.89. The molecule has 1 aliphatic rings. The van der Waals surface area contributed by atoms with E-state index < -0.39 is 0 Å². The fourth-order valence-electron chi connectivity index (χ4n) is 3.55. The fourth-order valence-corrected chi connectivity index (χ4v) is 4.57. The zero-order valence-electron chi connectivity index (χ0n) is 17.5. The summed E-state index contributed by atoms with van der Waals surface area (Å²) in [6, 6.07) is 15.5. The van der Waals surface area contributed by atoms with Crippen molar-refractivity contribution >= 4 is 35.0 Å². The molecular weight excluding hydrogens is 434 g/mol. The molecule has 0 aliphatic carbocycles. The number of rotatable bonds is 6. The van der Waals surface area contributed by atoms with Crippen molar-refractivity contribution in [1.29, 1.82) is 0 Å². The number of hydrogen-bond donors (Lipinski definition) is 0. The quantitative estimate of drug-likeness (QED) is 0.526. The van der Waals surface area contributed by atoms with Gasteiger partial charge in [0.15, 0.2) is 5.16 Å². The minimum atomic E-state index is 0.114. The van der Waals surface area contributed by atoms with Gasteiger partial charge < -0.3 is 14.5 Å². The normalized spacial score (nSPS) is 14.0. The Morgan fingerprint density at radius 1 is 1.00 bits per heavy atom. The minimum absolute atomic E-state index is 0.114. The zero-order chi connectivity index (χ0) is 21.8. The maximum absolute atomic E-state index is 12.8. The van der Waals surface area contributed by atoms with Gasteiger partial charge in [0, 0.05) is 42.6 Å². The third kappa shape index (κ3) is 4.97. The van der Waals surface area contributed by atoms with Gasteiger partial charge >= 0.3 is 0 Å². The summed E-state index contributed by atoms with van der Waals surface area (Å²) in [5.41, 5.74) is 2.07. The lowest BCUT2D eigenvalue weighted by Crippen LogP contribution is -2.49. The van der Waals surface area contributed by atoms with Crippen molar-refractivity contribution in [2.45, 2.75) is 12.1 Å². The first kappa shape index (κ1) is 21.5. The lowest BCUT2D eigenvalue weighted by atomic mass is 10.2. The van der Waals surface area contributed by atoms with Crippen LogP contribution in [-0.2, 0) is 4.79 Å². The zero-order valence-corrected chi connectivity index (χ0v) is 19.1. The van der Waals surface area contributed by atoms with E-state index in [0.29, 0.717) is 24.0 Å². The van der Waals surface area contributed by atoms with Crippen LogP contribution in [0.25, 0.3) is 5.69 Å². The number of thioether (sulfide) groups is 1. The summed E-state index contributed by atoms with van der Waals surface area (Å²) >= 11 is 7.39. The number of carbonyl (C=O) groups is 1. The van der Waals surface area contributed by atoms with Crippen LogP contribution < -0.4 is 9.64 Å². The number of halogens is 1. The van der Waals surface area contributed by atoms with E-state index in [2.05, 4.69) is 15.1 Å². The van der Waals surface area contributed by atoms with Crippen LogP contribution >= 0.6 is 23.4 Å². The SMILES string of the molecule is COc1ccc(-n2c(C)nnc2SCC(=O)N2CCN(c3ccc(Cl)cc3)CC2)cc1. The summed E-state index contributed by atoms with van der Waals surface area (Å²) in [7, 11) is 1.64. The molecule has 0 bridgehead atoms. The van der Waals surface area contributed by atoms with Gasteiger partial charge in [0.2, 0.25) is 5.91 Å². The van der Waals surface area contributed by atoms with Crippen molar-refractivity contribution in [3.05, 3.63) is 59.4 Å². The number of methoxy groups -OCH3 is 1. The Kier molecular flexibility index (Phi) is 6.67. The van der Waals surface area contributed by atoms with Crippen molar-refractivity contribution in [2.75, 3.05) is 43.9 Å². The van der Waals surface area contributed by atoms with E-state index in [4.69, 9.17) is 16.3 Å². The largest absolute Gasteiger partial charge is 0.497 e. The molecule has 1 fully saturated rings. The lowest BCUT2D eigenvalue weighted by molar-refractivity contribution is -0.128. The number of nitrogens with zero attached hydrogens (tertiary/aromatic N) is 5. The summed E-state index contributed by atoms with van der Waals surface area (Å²) in [4.78, 5) is 17.0. The molecule has 1 aliphatic heterocycles. The molecule has 0 saturated carbocycles. The second-order valence-corrected chi connectivity index (χ2v) is 8.58. The second kappa shape index (κ2) is 9.62. The van der Waals surface area contributed by atoms with Crippen LogP contribution in [0.2, 0.25) is 5.02 Å². The number of amides is 1. The molecule has 31 heavy (non-hydrogen) atoms. The topological polar surface area (TPSA) is 63.5 Å². The number of aromatic nitrogens is 3. The maximum atomic E-state index is 12.8. The molecule has 4 rings (SSSR count). The summed E-state index contributed by atoms with van der Waals surface area (Å²) < 4.78 is 7.18. The molecule has 0 radical (unpaired) electrons. The highest BCUT2D eigenvalue weighted by molar-refractivity contribution is 7.99. The molecule has 162 valence electrons. The number of ether oxygens (including phenoxy) is 1. The molecule has 2 heterocycles. The molecule has 2 aromatic carbocycles. The van der Waals surface area contributed by atoms with Crippen molar-refractivity contribution in [3.8, 4) is 11.4 Å². The Morgan fingerprint density at radius 3 is 2.29 bits per heavy atom. The van der Waals surface area contributed by atoms with Gasteiger partial charge in [-0.2, -0.15) is 0 Å². The highest BCUT2D eigenvalue weighted by atomic mass is 35.5. The molecule has 0 spiro atoms. The van der Waals surface area contributed by atoms with Gasteiger partial charge in [-0.1, -0.05) is 23.4 Å². The number of anilines is 1. The summed E-state index contributed by atoms with van der Waals surface area (Å²) in [5.74, 6) is 2.01. The van der Waals surface area contributed by atoms with Gasteiger partial charge in [-0.05, 0) is 55.5 Å². The number of hydrogen-bond acceptors (Lipinski definition) is 6. The van der Waals surface area contributed by atoms with Crippen molar-refractivity contribution in [3.63, 3.8) is 0 Å². The predicted molar refractivity (Wildman–Crippen MR) is 124 cm³/mol. The average molecular weight is 458 g/mol. The molecule has 0 N–H and O–H groups in total. The predicted octanol–water partition coefficient (Wildman–Crippen LogP) is 3.68. The van der Waals surface area contributed by atoms with Gasteiger partial charge in [0.25, 0.3) is 0 Å². The minimum Gasteiger partial charge on any atom is -0.497 e. The number of benzene rings is 2. The van der Waals surface area contributed by atoms with E-state index in [0.717, 1.165) is 41.1 Å². The molecule has 1 aromatic heterocycles. The highest BCUT2D eigenvalue weighted by Crippen LogP contribution is 2.24. The monoisotopic (exact) mass is 457 g/mol. The number of carbonyl (C=O) groups excluding carboxylic acids is 1. The van der Waals surface area contributed by atoms with E-state index in [1.165, 1.54) is 11.8 Å². The summed E-state index contributed by atoms with van der Waals surface area (Å²) in [6.07, 6.45) is 0. The van der Waals surface area contributed by atoms with E-state index in [9.17, 15) is 4.79 Å². The van der Waals surface area contributed by atoms with Crippen molar-refractivity contribution in [1.82, 2.24) is 19.7 Å². The standard InChI is InChI=1S/C22H24ClN5O2S/c1-16-24-25-22(28(16)19-7-9-20(30-2)10-8-19)31-15-21(29)27-13-11-26(12-14-27)18-5-3-17(23)4-6-18/h3-10H,11-15H2,1-2H3. The Labute approximate surface area is 191 Å². The number of piperazine rings is 1. The highest BCUT2D eigenvalue weighted by Gasteiger charge is 2.22. The van der Waals surface area contributed by atoms with Gasteiger partial charge in [0.05, 0.1) is 12.9 Å². The Bertz CT molecular complexity index is 1030. The van der Waals surface area contributed by atoms with Crippen LogP contribution in [-0.4, -0.2) is 64.6 Å². The van der Waals surface area contributed by atoms with Crippen LogP contribution in [0.1, 0.15) is 5.82 Å². The molecular formula is C22H24ClN5O2S. The number of aryl methyl sites for hydroxylation is 1. The third-order valence-corrected chi connectivity index (χ3v) is 6.44. The molecule has 1 saturated heterocycles. The third-order valence-electron chi connectivity index (χ3n) is 5.27. The van der Waals surface area contributed by atoms with Crippen LogP contribution in [0, 0.1) is 6.92 Å². The molecule has 0 unspecified atom stereocenters. The van der Waals surface area contributed by atoms with E-state index in [1.54, 1.807) is 7.11 Å². The average Bonchev–Trinajstić information content (AvgIpc) is 3.18. The first-order valence-corrected chi connectivity index (χ1v) is 11.4. The van der Waals surface area contributed by atoms with Crippen LogP contribution in [0.3, 0.4) is 0 Å². The van der Waals surface area contributed by atoms with Gasteiger partial charge in [-0.3, -0.25) is 9.36 Å². The van der Waals surface area contributed by atoms with Gasteiger partial charge in [0.1, 0.15) is 11.6 Å². The van der Waals surface area contributed by atoms with Crippen molar-refractivity contribution in [2.24, 2.45) is 0 Å². The van der Waals surface area contributed by atoms with Crippen molar-refractivity contribution < 1.29 is 9.53 Å².